The maximum atomic E-state index is 12.8. The molecule has 140 valence electrons. The molecular weight excluding hydrogens is 348 g/mol. The van der Waals surface area contributed by atoms with Crippen LogP contribution in [0.25, 0.3) is 0 Å². The number of rotatable bonds is 4. The van der Waals surface area contributed by atoms with Gasteiger partial charge in [-0.1, -0.05) is 18.2 Å². The van der Waals surface area contributed by atoms with E-state index in [1.807, 2.05) is 12.1 Å². The molecule has 2 aromatic rings. The molecule has 0 spiro atoms. The van der Waals surface area contributed by atoms with E-state index in [1.54, 1.807) is 39.0 Å². The van der Waals surface area contributed by atoms with E-state index < -0.39 is 16.4 Å². The van der Waals surface area contributed by atoms with Crippen LogP contribution in [-0.2, 0) is 9.59 Å². The maximum absolute atomic E-state index is 12.8. The Kier molecular flexibility index (Phi) is 4.57. The van der Waals surface area contributed by atoms with Crippen molar-refractivity contribution in [2.45, 2.75) is 26.3 Å². The standard InChI is InChI=1S/C19H20N4O4/c1-12-8-9-13(23(26)27)10-15(12)20-17(24)11-22-16-7-5-4-6-14(16)21-19(2,3)18(22)25/h4-10,21H,11H2,1-3H3,(H,20,24). The smallest absolute Gasteiger partial charge is 0.271 e. The summed E-state index contributed by atoms with van der Waals surface area (Å²) >= 11 is 0. The van der Waals surface area contributed by atoms with E-state index in [0.717, 1.165) is 5.69 Å². The number of carbonyl (C=O) groups excluding carboxylic acids is 2. The van der Waals surface area contributed by atoms with Crippen LogP contribution in [0.1, 0.15) is 19.4 Å². The first-order chi connectivity index (χ1) is 12.7. The Morgan fingerprint density at radius 1 is 1.26 bits per heavy atom. The van der Waals surface area contributed by atoms with Gasteiger partial charge in [-0.25, -0.2) is 0 Å². The lowest BCUT2D eigenvalue weighted by Gasteiger charge is -2.39. The van der Waals surface area contributed by atoms with Crippen LogP contribution in [-0.4, -0.2) is 28.8 Å². The summed E-state index contributed by atoms with van der Waals surface area (Å²) < 4.78 is 0. The van der Waals surface area contributed by atoms with Gasteiger partial charge in [-0.3, -0.25) is 24.6 Å². The highest BCUT2D eigenvalue weighted by atomic mass is 16.6. The predicted molar refractivity (Wildman–Crippen MR) is 103 cm³/mol. The fourth-order valence-corrected chi connectivity index (χ4v) is 3.00. The summed E-state index contributed by atoms with van der Waals surface area (Å²) in [4.78, 5) is 37.2. The summed E-state index contributed by atoms with van der Waals surface area (Å²) in [6.07, 6.45) is 0. The average molecular weight is 368 g/mol. The summed E-state index contributed by atoms with van der Waals surface area (Å²) in [5.74, 6) is -0.661. The van der Waals surface area contributed by atoms with Crippen LogP contribution in [0.5, 0.6) is 0 Å². The number of non-ortho nitro benzene ring substituents is 1. The molecule has 3 rings (SSSR count). The van der Waals surface area contributed by atoms with Crippen molar-refractivity contribution in [3.8, 4) is 0 Å². The number of nitro groups is 1. The van der Waals surface area contributed by atoms with Gasteiger partial charge in [0.15, 0.2) is 0 Å². The van der Waals surface area contributed by atoms with Crippen LogP contribution in [0.15, 0.2) is 42.5 Å². The number of amides is 2. The Bertz CT molecular complexity index is 939. The van der Waals surface area contributed by atoms with Crippen molar-refractivity contribution in [2.24, 2.45) is 0 Å². The molecule has 0 saturated carbocycles. The fourth-order valence-electron chi connectivity index (χ4n) is 3.00. The van der Waals surface area contributed by atoms with Gasteiger partial charge in [-0.15, -0.1) is 0 Å². The quantitative estimate of drug-likeness (QED) is 0.637. The first kappa shape index (κ1) is 18.4. The molecule has 0 saturated heterocycles. The molecule has 1 heterocycles. The Labute approximate surface area is 156 Å². The van der Waals surface area contributed by atoms with Crippen molar-refractivity contribution < 1.29 is 14.5 Å². The first-order valence-electron chi connectivity index (χ1n) is 8.43. The second-order valence-electron chi connectivity index (χ2n) is 6.96. The van der Waals surface area contributed by atoms with Gasteiger partial charge in [0.05, 0.1) is 22.0 Å². The lowest BCUT2D eigenvalue weighted by atomic mass is 9.98. The molecule has 2 N–H and O–H groups in total. The lowest BCUT2D eigenvalue weighted by Crippen LogP contribution is -2.55. The molecule has 0 aromatic heterocycles. The second-order valence-corrected chi connectivity index (χ2v) is 6.96. The molecule has 0 aliphatic carbocycles. The second kappa shape index (κ2) is 6.71. The molecule has 8 nitrogen and oxygen atoms in total. The number of fused-ring (bicyclic) bond motifs is 1. The number of aryl methyl sites for hydroxylation is 1. The number of nitro benzene ring substituents is 1. The van der Waals surface area contributed by atoms with Crippen molar-refractivity contribution in [3.63, 3.8) is 0 Å². The van der Waals surface area contributed by atoms with Crippen LogP contribution in [0.3, 0.4) is 0 Å². The third kappa shape index (κ3) is 3.59. The van der Waals surface area contributed by atoms with Gasteiger partial charge in [0, 0.05) is 12.1 Å². The zero-order valence-corrected chi connectivity index (χ0v) is 15.3. The highest BCUT2D eigenvalue weighted by Crippen LogP contribution is 2.34. The summed E-state index contributed by atoms with van der Waals surface area (Å²) in [5, 5.41) is 16.8. The van der Waals surface area contributed by atoms with E-state index >= 15 is 0 Å². The number of nitrogens with zero attached hydrogens (tertiary/aromatic N) is 2. The van der Waals surface area contributed by atoms with E-state index in [4.69, 9.17) is 0 Å². The van der Waals surface area contributed by atoms with Gasteiger partial charge in [0.25, 0.3) is 11.6 Å². The van der Waals surface area contributed by atoms with Gasteiger partial charge in [-0.05, 0) is 38.5 Å². The van der Waals surface area contributed by atoms with Gasteiger partial charge in [0.2, 0.25) is 5.91 Å². The van der Waals surface area contributed by atoms with E-state index in [1.165, 1.54) is 17.0 Å². The minimum Gasteiger partial charge on any atom is -0.370 e. The minimum absolute atomic E-state index is 0.111. The number of carbonyl (C=O) groups is 2. The number of para-hydroxylation sites is 2. The van der Waals surface area contributed by atoms with Gasteiger partial charge in [-0.2, -0.15) is 0 Å². The van der Waals surface area contributed by atoms with Crippen molar-refractivity contribution in [1.29, 1.82) is 0 Å². The Morgan fingerprint density at radius 3 is 2.67 bits per heavy atom. The normalized spacial score (nSPS) is 14.9. The topological polar surface area (TPSA) is 105 Å². The Morgan fingerprint density at radius 2 is 1.96 bits per heavy atom. The summed E-state index contributed by atoms with van der Waals surface area (Å²) in [7, 11) is 0. The largest absolute Gasteiger partial charge is 0.370 e. The van der Waals surface area contributed by atoms with Crippen LogP contribution < -0.4 is 15.5 Å². The molecular formula is C19H20N4O4. The molecule has 8 heteroatoms. The molecule has 0 bridgehead atoms. The van der Waals surface area contributed by atoms with Crippen LogP contribution in [0.4, 0.5) is 22.7 Å². The number of hydrogen-bond donors (Lipinski definition) is 2. The fraction of sp³-hybridized carbons (Fsp3) is 0.263. The highest BCUT2D eigenvalue weighted by molar-refractivity contribution is 6.11. The Hall–Kier alpha value is -3.42. The molecule has 0 fully saturated rings. The number of benzene rings is 2. The van der Waals surface area contributed by atoms with Crippen molar-refractivity contribution in [2.75, 3.05) is 22.1 Å². The van der Waals surface area contributed by atoms with E-state index in [2.05, 4.69) is 10.6 Å². The zero-order chi connectivity index (χ0) is 19.8. The SMILES string of the molecule is Cc1ccc([N+](=O)[O-])cc1NC(=O)CN1C(=O)C(C)(C)Nc2ccccc21. The molecule has 1 aliphatic rings. The monoisotopic (exact) mass is 368 g/mol. The molecule has 2 aromatic carbocycles. The maximum Gasteiger partial charge on any atom is 0.271 e. The zero-order valence-electron chi connectivity index (χ0n) is 15.3. The Balaban J connectivity index is 1.85. The number of anilines is 3. The van der Waals surface area contributed by atoms with E-state index in [0.29, 0.717) is 16.9 Å². The van der Waals surface area contributed by atoms with Crippen molar-refractivity contribution >= 4 is 34.6 Å². The molecule has 1 aliphatic heterocycles. The number of hydrogen-bond acceptors (Lipinski definition) is 5. The number of nitrogens with one attached hydrogen (secondary N) is 2. The van der Waals surface area contributed by atoms with Crippen LogP contribution in [0.2, 0.25) is 0 Å². The minimum atomic E-state index is -0.851. The van der Waals surface area contributed by atoms with E-state index in [9.17, 15) is 19.7 Å². The van der Waals surface area contributed by atoms with Crippen LogP contribution >= 0.6 is 0 Å². The van der Waals surface area contributed by atoms with Crippen molar-refractivity contribution in [3.05, 3.63) is 58.1 Å². The third-order valence-corrected chi connectivity index (χ3v) is 4.43. The lowest BCUT2D eigenvalue weighted by molar-refractivity contribution is -0.384. The van der Waals surface area contributed by atoms with Gasteiger partial charge < -0.3 is 10.6 Å². The molecule has 27 heavy (non-hydrogen) atoms. The summed E-state index contributed by atoms with van der Waals surface area (Å²) in [6.45, 7) is 5.05. The van der Waals surface area contributed by atoms with Crippen molar-refractivity contribution in [1.82, 2.24) is 0 Å². The van der Waals surface area contributed by atoms with Crippen LogP contribution in [0, 0.1) is 17.0 Å². The van der Waals surface area contributed by atoms with Gasteiger partial charge in [0.1, 0.15) is 12.1 Å². The van der Waals surface area contributed by atoms with Gasteiger partial charge >= 0.3 is 0 Å². The molecule has 2 amide bonds. The third-order valence-electron chi connectivity index (χ3n) is 4.43. The highest BCUT2D eigenvalue weighted by Gasteiger charge is 2.39. The van der Waals surface area contributed by atoms with E-state index in [-0.39, 0.29) is 18.1 Å². The predicted octanol–water partition coefficient (Wildman–Crippen LogP) is 3.08. The summed E-state index contributed by atoms with van der Waals surface area (Å²) in [5.41, 5.74) is 1.47. The molecule has 0 radical (unpaired) electrons. The molecule has 0 atom stereocenters. The summed E-state index contributed by atoms with van der Waals surface area (Å²) in [6, 6.07) is 11.5. The first-order valence-corrected chi connectivity index (χ1v) is 8.43. The molecule has 0 unspecified atom stereocenters. The average Bonchev–Trinajstić information content (AvgIpc) is 2.60.